The summed E-state index contributed by atoms with van der Waals surface area (Å²) in [5, 5.41) is 8.15. The van der Waals surface area contributed by atoms with Gasteiger partial charge in [0.2, 0.25) is 5.91 Å². The number of urea groups is 1. The molecule has 1 fully saturated rings. The Balaban J connectivity index is 1.39. The first-order chi connectivity index (χ1) is 16.0. The lowest BCUT2D eigenvalue weighted by Gasteiger charge is -2.24. The molecular formula is C27H26N4O2. The summed E-state index contributed by atoms with van der Waals surface area (Å²) in [6.07, 6.45) is 0.450. The third kappa shape index (κ3) is 3.84. The summed E-state index contributed by atoms with van der Waals surface area (Å²) >= 11 is 0. The zero-order valence-corrected chi connectivity index (χ0v) is 18.5. The smallest absolute Gasteiger partial charge is 0.322 e. The second kappa shape index (κ2) is 8.47. The van der Waals surface area contributed by atoms with Crippen LogP contribution in [-0.4, -0.2) is 34.0 Å². The van der Waals surface area contributed by atoms with Crippen molar-refractivity contribution in [1.82, 2.24) is 9.47 Å². The Morgan fingerprint density at radius 3 is 2.42 bits per heavy atom. The molecule has 1 aliphatic heterocycles. The number of likely N-dealkylation sites (tertiary alicyclic amines) is 1. The summed E-state index contributed by atoms with van der Waals surface area (Å²) in [6.45, 7) is 7.37. The van der Waals surface area contributed by atoms with Gasteiger partial charge in [-0.25, -0.2) is 4.79 Å². The second-order valence-electron chi connectivity index (χ2n) is 8.38. The van der Waals surface area contributed by atoms with Crippen LogP contribution in [-0.2, 0) is 11.3 Å². The van der Waals surface area contributed by atoms with Crippen LogP contribution in [0, 0.1) is 0 Å². The molecule has 4 aromatic rings. The number of hydrogen-bond donors (Lipinski definition) is 2. The van der Waals surface area contributed by atoms with Gasteiger partial charge in [-0.15, -0.1) is 0 Å². The highest BCUT2D eigenvalue weighted by Crippen LogP contribution is 2.31. The van der Waals surface area contributed by atoms with E-state index in [-0.39, 0.29) is 11.9 Å². The van der Waals surface area contributed by atoms with Gasteiger partial charge in [-0.2, -0.15) is 0 Å². The van der Waals surface area contributed by atoms with E-state index in [0.29, 0.717) is 24.3 Å². The average Bonchev–Trinajstić information content (AvgIpc) is 3.37. The van der Waals surface area contributed by atoms with Crippen LogP contribution in [0.15, 0.2) is 84.9 Å². The third-order valence-corrected chi connectivity index (χ3v) is 6.20. The number of carbonyl (C=O) groups is 2. The summed E-state index contributed by atoms with van der Waals surface area (Å²) in [4.78, 5) is 27.6. The second-order valence-corrected chi connectivity index (χ2v) is 8.38. The SMILES string of the molecule is C=C1C[C@@H](C(=O)Nc2ccc3c(c2)c2ccccc2n3CC)N(C(=O)Nc2ccccc2)C1. The first-order valence-electron chi connectivity index (χ1n) is 11.2. The highest BCUT2D eigenvalue weighted by Gasteiger charge is 2.36. The molecule has 33 heavy (non-hydrogen) atoms. The maximum atomic E-state index is 13.2. The Bertz CT molecular complexity index is 1370. The highest BCUT2D eigenvalue weighted by atomic mass is 16.2. The molecule has 166 valence electrons. The fraction of sp³-hybridized carbons (Fsp3) is 0.185. The van der Waals surface area contributed by atoms with Crippen molar-refractivity contribution in [1.29, 1.82) is 0 Å². The zero-order valence-electron chi connectivity index (χ0n) is 18.5. The van der Waals surface area contributed by atoms with E-state index >= 15 is 0 Å². The van der Waals surface area contributed by atoms with E-state index in [2.05, 4.69) is 40.8 Å². The van der Waals surface area contributed by atoms with Gasteiger partial charge in [0.1, 0.15) is 6.04 Å². The molecule has 6 nitrogen and oxygen atoms in total. The topological polar surface area (TPSA) is 66.4 Å². The molecule has 6 heteroatoms. The number of para-hydroxylation sites is 2. The molecule has 1 aromatic heterocycles. The Labute approximate surface area is 192 Å². The highest BCUT2D eigenvalue weighted by molar-refractivity contribution is 6.10. The summed E-state index contributed by atoms with van der Waals surface area (Å²) in [7, 11) is 0. The lowest BCUT2D eigenvalue weighted by molar-refractivity contribution is -0.119. The minimum Gasteiger partial charge on any atom is -0.341 e. The zero-order chi connectivity index (χ0) is 22.9. The van der Waals surface area contributed by atoms with Crippen LogP contribution in [0.2, 0.25) is 0 Å². The molecule has 5 rings (SSSR count). The maximum absolute atomic E-state index is 13.2. The fourth-order valence-corrected chi connectivity index (χ4v) is 4.66. The molecule has 3 aromatic carbocycles. The number of benzene rings is 3. The van der Waals surface area contributed by atoms with Gasteiger partial charge in [0, 0.05) is 46.3 Å². The van der Waals surface area contributed by atoms with Gasteiger partial charge in [0.25, 0.3) is 0 Å². The van der Waals surface area contributed by atoms with Gasteiger partial charge < -0.3 is 20.1 Å². The van der Waals surface area contributed by atoms with Crippen molar-refractivity contribution in [2.75, 3.05) is 17.2 Å². The largest absolute Gasteiger partial charge is 0.341 e. The summed E-state index contributed by atoms with van der Waals surface area (Å²) in [6, 6.07) is 22.6. The van der Waals surface area contributed by atoms with Gasteiger partial charge in [0.15, 0.2) is 0 Å². The number of carbonyl (C=O) groups excluding carboxylic acids is 2. The normalized spacial score (nSPS) is 15.8. The fourth-order valence-electron chi connectivity index (χ4n) is 4.66. The lowest BCUT2D eigenvalue weighted by Crippen LogP contribution is -2.45. The van der Waals surface area contributed by atoms with Crippen LogP contribution in [0.4, 0.5) is 16.2 Å². The molecule has 2 heterocycles. The quantitative estimate of drug-likeness (QED) is 0.407. The van der Waals surface area contributed by atoms with Crippen molar-refractivity contribution in [3.63, 3.8) is 0 Å². The van der Waals surface area contributed by atoms with Crippen molar-refractivity contribution >= 4 is 45.1 Å². The van der Waals surface area contributed by atoms with E-state index in [0.717, 1.165) is 28.4 Å². The van der Waals surface area contributed by atoms with Crippen LogP contribution < -0.4 is 10.6 Å². The molecule has 0 spiro atoms. The van der Waals surface area contributed by atoms with E-state index in [4.69, 9.17) is 0 Å². The van der Waals surface area contributed by atoms with Crippen LogP contribution in [0.5, 0.6) is 0 Å². The number of hydrogen-bond acceptors (Lipinski definition) is 2. The number of nitrogens with one attached hydrogen (secondary N) is 2. The van der Waals surface area contributed by atoms with Gasteiger partial charge in [-0.05, 0) is 49.7 Å². The number of aromatic nitrogens is 1. The van der Waals surface area contributed by atoms with Crippen LogP contribution in [0.3, 0.4) is 0 Å². The van der Waals surface area contributed by atoms with Crippen molar-refractivity contribution in [2.24, 2.45) is 0 Å². The first-order valence-corrected chi connectivity index (χ1v) is 11.2. The molecule has 1 aliphatic rings. The Morgan fingerprint density at radius 2 is 1.64 bits per heavy atom. The molecule has 0 saturated carbocycles. The number of fused-ring (bicyclic) bond motifs is 3. The summed E-state index contributed by atoms with van der Waals surface area (Å²) in [5.41, 5.74) is 4.58. The molecule has 2 N–H and O–H groups in total. The van der Waals surface area contributed by atoms with Gasteiger partial charge in [-0.1, -0.05) is 48.6 Å². The van der Waals surface area contributed by atoms with Gasteiger partial charge >= 0.3 is 6.03 Å². The Morgan fingerprint density at radius 1 is 0.909 bits per heavy atom. The van der Waals surface area contributed by atoms with Crippen molar-refractivity contribution < 1.29 is 9.59 Å². The van der Waals surface area contributed by atoms with Crippen molar-refractivity contribution in [3.05, 3.63) is 84.9 Å². The van der Waals surface area contributed by atoms with E-state index in [1.54, 1.807) is 4.90 Å². The van der Waals surface area contributed by atoms with Crippen molar-refractivity contribution in [3.8, 4) is 0 Å². The van der Waals surface area contributed by atoms with E-state index in [9.17, 15) is 9.59 Å². The molecule has 3 amide bonds. The molecule has 0 bridgehead atoms. The van der Waals surface area contributed by atoms with Crippen LogP contribution in [0.1, 0.15) is 13.3 Å². The van der Waals surface area contributed by atoms with Crippen LogP contribution >= 0.6 is 0 Å². The Kier molecular flexibility index (Phi) is 5.34. The minimum absolute atomic E-state index is 0.213. The van der Waals surface area contributed by atoms with Crippen molar-refractivity contribution in [2.45, 2.75) is 25.9 Å². The predicted octanol–water partition coefficient (Wildman–Crippen LogP) is 5.62. The van der Waals surface area contributed by atoms with Crippen LogP contribution in [0.25, 0.3) is 21.8 Å². The van der Waals surface area contributed by atoms with Gasteiger partial charge in [0.05, 0.1) is 0 Å². The number of amides is 3. The van der Waals surface area contributed by atoms with Gasteiger partial charge in [-0.3, -0.25) is 4.79 Å². The average molecular weight is 439 g/mol. The van der Waals surface area contributed by atoms with E-state index in [1.807, 2.05) is 60.7 Å². The lowest BCUT2D eigenvalue weighted by atomic mass is 10.1. The Hall–Kier alpha value is -4.06. The predicted molar refractivity (Wildman–Crippen MR) is 133 cm³/mol. The monoisotopic (exact) mass is 438 g/mol. The maximum Gasteiger partial charge on any atom is 0.322 e. The molecular weight excluding hydrogens is 412 g/mol. The number of nitrogens with zero attached hydrogens (tertiary/aromatic N) is 2. The molecule has 0 unspecified atom stereocenters. The minimum atomic E-state index is -0.603. The molecule has 0 aliphatic carbocycles. The van der Waals surface area contributed by atoms with E-state index < -0.39 is 6.04 Å². The summed E-state index contributed by atoms with van der Waals surface area (Å²) in [5.74, 6) is -0.213. The first kappa shape index (κ1) is 20.8. The number of anilines is 2. The standard InChI is InChI=1S/C27H26N4O2/c1-3-30-23-12-8-7-11-21(23)22-16-20(13-14-24(22)30)28-26(32)25-15-18(2)17-31(25)27(33)29-19-9-5-4-6-10-19/h4-14,16,25H,2-3,15,17H2,1H3,(H,28,32)(H,29,33)/t25-/m0/s1. The number of rotatable bonds is 4. The third-order valence-electron chi connectivity index (χ3n) is 6.20. The molecule has 0 radical (unpaired) electrons. The number of aryl methyl sites for hydroxylation is 1. The van der Waals surface area contributed by atoms with E-state index in [1.165, 1.54) is 5.52 Å². The summed E-state index contributed by atoms with van der Waals surface area (Å²) < 4.78 is 2.27. The molecule has 1 atom stereocenters. The molecule has 1 saturated heterocycles.